The minimum Gasteiger partial charge on any atom is -0.352 e. The van der Waals surface area contributed by atoms with E-state index >= 15 is 0 Å². The minimum atomic E-state index is -0.214. The first kappa shape index (κ1) is 16.6. The first-order valence-corrected chi connectivity index (χ1v) is 8.22. The third-order valence-electron chi connectivity index (χ3n) is 4.24. The van der Waals surface area contributed by atoms with Gasteiger partial charge in [-0.05, 0) is 53.9 Å². The molecule has 126 valence electrons. The summed E-state index contributed by atoms with van der Waals surface area (Å²) in [6, 6.07) is 12.5. The molecule has 2 aromatic rings. The van der Waals surface area contributed by atoms with Crippen molar-refractivity contribution in [1.29, 1.82) is 0 Å². The minimum absolute atomic E-state index is 0.0526. The summed E-state index contributed by atoms with van der Waals surface area (Å²) in [6.07, 6.45) is 0.780. The van der Waals surface area contributed by atoms with Crippen molar-refractivity contribution in [3.05, 3.63) is 70.5 Å². The SMILES string of the molecule is NCCCNC(=O)c1ccc2c(c1)CN(Cc1ccc(F)cc1)C2. The molecular formula is C19H22FN3O. The molecule has 5 heteroatoms. The van der Waals surface area contributed by atoms with E-state index in [2.05, 4.69) is 10.2 Å². The van der Waals surface area contributed by atoms with Gasteiger partial charge in [0.2, 0.25) is 0 Å². The lowest BCUT2D eigenvalue weighted by molar-refractivity contribution is 0.0953. The number of nitrogens with one attached hydrogen (secondary N) is 1. The van der Waals surface area contributed by atoms with Crippen LogP contribution in [0.25, 0.3) is 0 Å². The van der Waals surface area contributed by atoms with Crippen LogP contribution < -0.4 is 11.1 Å². The molecule has 0 saturated carbocycles. The van der Waals surface area contributed by atoms with E-state index in [1.54, 1.807) is 0 Å². The van der Waals surface area contributed by atoms with Gasteiger partial charge in [0.15, 0.2) is 0 Å². The smallest absolute Gasteiger partial charge is 0.251 e. The molecule has 4 nitrogen and oxygen atoms in total. The van der Waals surface area contributed by atoms with E-state index in [-0.39, 0.29) is 11.7 Å². The third kappa shape index (κ3) is 3.99. The summed E-state index contributed by atoms with van der Waals surface area (Å²) < 4.78 is 13.0. The number of amides is 1. The largest absolute Gasteiger partial charge is 0.352 e. The first-order valence-electron chi connectivity index (χ1n) is 8.22. The Hall–Kier alpha value is -2.24. The number of carbonyl (C=O) groups is 1. The molecule has 24 heavy (non-hydrogen) atoms. The fourth-order valence-electron chi connectivity index (χ4n) is 2.97. The van der Waals surface area contributed by atoms with E-state index in [0.717, 1.165) is 31.6 Å². The second kappa shape index (κ2) is 7.55. The Bertz CT molecular complexity index is 715. The molecule has 0 fully saturated rings. The van der Waals surface area contributed by atoms with E-state index in [1.807, 2.05) is 30.3 Å². The highest BCUT2D eigenvalue weighted by molar-refractivity contribution is 5.94. The summed E-state index contributed by atoms with van der Waals surface area (Å²) in [5.74, 6) is -0.267. The Kier molecular flexibility index (Phi) is 5.23. The summed E-state index contributed by atoms with van der Waals surface area (Å²) in [5.41, 5.74) is 9.64. The van der Waals surface area contributed by atoms with E-state index in [0.29, 0.717) is 18.7 Å². The number of halogens is 1. The van der Waals surface area contributed by atoms with Crippen molar-refractivity contribution in [3.8, 4) is 0 Å². The third-order valence-corrected chi connectivity index (χ3v) is 4.24. The first-order chi connectivity index (χ1) is 11.7. The van der Waals surface area contributed by atoms with Crippen molar-refractivity contribution in [3.63, 3.8) is 0 Å². The molecule has 0 spiro atoms. The number of fused-ring (bicyclic) bond motifs is 1. The number of rotatable bonds is 6. The van der Waals surface area contributed by atoms with Crippen LogP contribution in [0.3, 0.4) is 0 Å². The summed E-state index contributed by atoms with van der Waals surface area (Å²) in [7, 11) is 0. The molecule has 0 saturated heterocycles. The zero-order valence-electron chi connectivity index (χ0n) is 13.6. The molecule has 1 aliphatic rings. The van der Waals surface area contributed by atoms with Crippen LogP contribution in [0.2, 0.25) is 0 Å². The van der Waals surface area contributed by atoms with Gasteiger partial charge in [0.1, 0.15) is 5.82 Å². The normalized spacial score (nSPS) is 13.8. The fourth-order valence-corrected chi connectivity index (χ4v) is 2.97. The lowest BCUT2D eigenvalue weighted by Gasteiger charge is -2.14. The van der Waals surface area contributed by atoms with E-state index in [4.69, 9.17) is 5.73 Å². The van der Waals surface area contributed by atoms with Gasteiger partial charge in [-0.3, -0.25) is 9.69 Å². The second-order valence-electron chi connectivity index (χ2n) is 6.15. The van der Waals surface area contributed by atoms with Gasteiger partial charge in [-0.15, -0.1) is 0 Å². The molecule has 3 rings (SSSR count). The molecule has 1 aliphatic heterocycles. The maximum atomic E-state index is 13.0. The Morgan fingerprint density at radius 2 is 1.88 bits per heavy atom. The van der Waals surface area contributed by atoms with Crippen molar-refractivity contribution in [2.75, 3.05) is 13.1 Å². The predicted octanol–water partition coefficient (Wildman–Crippen LogP) is 2.42. The van der Waals surface area contributed by atoms with Crippen LogP contribution in [-0.2, 0) is 19.6 Å². The van der Waals surface area contributed by atoms with Crippen LogP contribution in [-0.4, -0.2) is 23.9 Å². The van der Waals surface area contributed by atoms with Crippen LogP contribution in [0.4, 0.5) is 4.39 Å². The molecule has 1 heterocycles. The Balaban J connectivity index is 1.62. The van der Waals surface area contributed by atoms with Crippen molar-refractivity contribution in [1.82, 2.24) is 10.2 Å². The fraction of sp³-hybridized carbons (Fsp3) is 0.316. The van der Waals surface area contributed by atoms with E-state index in [1.165, 1.54) is 23.3 Å². The topological polar surface area (TPSA) is 58.4 Å². The van der Waals surface area contributed by atoms with Gasteiger partial charge in [0.25, 0.3) is 5.91 Å². The van der Waals surface area contributed by atoms with Crippen LogP contribution in [0.1, 0.15) is 33.5 Å². The second-order valence-corrected chi connectivity index (χ2v) is 6.15. The van der Waals surface area contributed by atoms with Gasteiger partial charge >= 0.3 is 0 Å². The van der Waals surface area contributed by atoms with Gasteiger partial charge in [-0.1, -0.05) is 18.2 Å². The maximum Gasteiger partial charge on any atom is 0.251 e. The number of nitrogens with two attached hydrogens (primary N) is 1. The van der Waals surface area contributed by atoms with Gasteiger partial charge in [0.05, 0.1) is 0 Å². The highest BCUT2D eigenvalue weighted by atomic mass is 19.1. The van der Waals surface area contributed by atoms with Gasteiger partial charge in [0, 0.05) is 31.7 Å². The summed E-state index contributed by atoms with van der Waals surface area (Å²) in [5, 5.41) is 2.88. The molecule has 0 aromatic heterocycles. The average Bonchev–Trinajstić information content (AvgIpc) is 2.98. The monoisotopic (exact) mass is 327 g/mol. The number of hydrogen-bond acceptors (Lipinski definition) is 3. The lowest BCUT2D eigenvalue weighted by atomic mass is 10.1. The van der Waals surface area contributed by atoms with Crippen molar-refractivity contribution in [2.45, 2.75) is 26.1 Å². The number of nitrogens with zero attached hydrogens (tertiary/aromatic N) is 1. The van der Waals surface area contributed by atoms with Crippen LogP contribution in [0, 0.1) is 5.82 Å². The molecule has 0 atom stereocenters. The average molecular weight is 327 g/mol. The van der Waals surface area contributed by atoms with Gasteiger partial charge in [-0.25, -0.2) is 4.39 Å². The standard InChI is InChI=1S/C19H22FN3O/c20-18-6-2-14(3-7-18)11-23-12-16-5-4-15(10-17(16)13-23)19(24)22-9-1-8-21/h2-7,10H,1,8-9,11-13,21H2,(H,22,24). The van der Waals surface area contributed by atoms with Crippen LogP contribution >= 0.6 is 0 Å². The Labute approximate surface area is 141 Å². The van der Waals surface area contributed by atoms with Crippen molar-refractivity contribution in [2.24, 2.45) is 5.73 Å². The van der Waals surface area contributed by atoms with E-state index < -0.39 is 0 Å². The number of hydrogen-bond donors (Lipinski definition) is 2. The highest BCUT2D eigenvalue weighted by Crippen LogP contribution is 2.25. The number of carbonyl (C=O) groups excluding carboxylic acids is 1. The predicted molar refractivity (Wildman–Crippen MR) is 91.8 cm³/mol. The molecule has 0 unspecified atom stereocenters. The maximum absolute atomic E-state index is 13.0. The van der Waals surface area contributed by atoms with Gasteiger partial charge in [-0.2, -0.15) is 0 Å². The Morgan fingerprint density at radius 1 is 1.12 bits per heavy atom. The zero-order chi connectivity index (χ0) is 16.9. The quantitative estimate of drug-likeness (QED) is 0.801. The molecule has 1 amide bonds. The summed E-state index contributed by atoms with van der Waals surface area (Å²) >= 11 is 0. The summed E-state index contributed by atoms with van der Waals surface area (Å²) in [6.45, 7) is 3.59. The van der Waals surface area contributed by atoms with Gasteiger partial charge < -0.3 is 11.1 Å². The van der Waals surface area contributed by atoms with Crippen molar-refractivity contribution >= 4 is 5.91 Å². The molecule has 2 aromatic carbocycles. The highest BCUT2D eigenvalue weighted by Gasteiger charge is 2.20. The van der Waals surface area contributed by atoms with Crippen LogP contribution in [0.5, 0.6) is 0 Å². The molecule has 0 radical (unpaired) electrons. The summed E-state index contributed by atoms with van der Waals surface area (Å²) in [4.78, 5) is 14.4. The molecule has 0 aliphatic carbocycles. The molecular weight excluding hydrogens is 305 g/mol. The molecule has 3 N–H and O–H groups in total. The van der Waals surface area contributed by atoms with Crippen molar-refractivity contribution < 1.29 is 9.18 Å². The zero-order valence-corrected chi connectivity index (χ0v) is 13.6. The Morgan fingerprint density at radius 3 is 2.62 bits per heavy atom. The lowest BCUT2D eigenvalue weighted by Crippen LogP contribution is -2.26. The molecule has 0 bridgehead atoms. The number of benzene rings is 2. The van der Waals surface area contributed by atoms with Crippen LogP contribution in [0.15, 0.2) is 42.5 Å². The van der Waals surface area contributed by atoms with E-state index in [9.17, 15) is 9.18 Å².